The van der Waals surface area contributed by atoms with E-state index in [1.165, 1.54) is 6.07 Å². The van der Waals surface area contributed by atoms with E-state index in [4.69, 9.17) is 5.73 Å². The molecule has 4 aromatic rings. The molecule has 0 bridgehead atoms. The van der Waals surface area contributed by atoms with Gasteiger partial charge >= 0.3 is 0 Å². The average Bonchev–Trinajstić information content (AvgIpc) is 3.39. The van der Waals surface area contributed by atoms with E-state index < -0.39 is 0 Å². The summed E-state index contributed by atoms with van der Waals surface area (Å²) in [5.74, 6) is -0.252. The molecule has 0 spiro atoms. The van der Waals surface area contributed by atoms with Gasteiger partial charge in [0.15, 0.2) is 0 Å². The van der Waals surface area contributed by atoms with Crippen molar-refractivity contribution in [1.29, 1.82) is 0 Å². The molecule has 0 unspecified atom stereocenters. The number of anilines is 1. The van der Waals surface area contributed by atoms with Crippen LogP contribution in [0.3, 0.4) is 0 Å². The van der Waals surface area contributed by atoms with Gasteiger partial charge in [-0.3, -0.25) is 0 Å². The molecule has 0 aliphatic carbocycles. The van der Waals surface area contributed by atoms with E-state index >= 15 is 0 Å². The second kappa shape index (κ2) is 12.3. The molecule has 4 N–H and O–H groups in total. The Morgan fingerprint density at radius 3 is 2.51 bits per heavy atom. The Morgan fingerprint density at radius 2 is 1.79 bits per heavy atom. The third-order valence-corrected chi connectivity index (χ3v) is 6.86. The summed E-state index contributed by atoms with van der Waals surface area (Å²) in [6, 6.07) is 20.6. The number of aromatic amines is 1. The van der Waals surface area contributed by atoms with Crippen LogP contribution in [0.15, 0.2) is 116 Å². The minimum Gasteiger partial charge on any atom is -0.398 e. The van der Waals surface area contributed by atoms with Crippen molar-refractivity contribution in [3.05, 3.63) is 139 Å². The molecule has 4 rings (SSSR count). The van der Waals surface area contributed by atoms with E-state index in [0.29, 0.717) is 11.3 Å². The van der Waals surface area contributed by atoms with Crippen LogP contribution in [0.5, 0.6) is 0 Å². The van der Waals surface area contributed by atoms with Crippen LogP contribution in [0, 0.1) is 5.82 Å². The van der Waals surface area contributed by atoms with E-state index in [2.05, 4.69) is 55.2 Å². The first-order valence-electron chi connectivity index (χ1n) is 13.3. The molecule has 39 heavy (non-hydrogen) atoms. The molecule has 1 aromatic heterocycles. The summed E-state index contributed by atoms with van der Waals surface area (Å²) < 4.78 is 14.6. The van der Waals surface area contributed by atoms with Gasteiger partial charge in [0.2, 0.25) is 0 Å². The maximum absolute atomic E-state index is 14.6. The minimum absolute atomic E-state index is 0.252. The molecule has 4 heteroatoms. The highest BCUT2D eigenvalue weighted by Crippen LogP contribution is 2.35. The van der Waals surface area contributed by atoms with Crippen molar-refractivity contribution < 1.29 is 4.39 Å². The summed E-state index contributed by atoms with van der Waals surface area (Å²) >= 11 is 0. The highest BCUT2D eigenvalue weighted by molar-refractivity contribution is 5.99. The summed E-state index contributed by atoms with van der Waals surface area (Å²) in [6.07, 6.45) is 9.04. The Kier molecular flexibility index (Phi) is 8.67. The van der Waals surface area contributed by atoms with E-state index in [0.717, 1.165) is 75.1 Å². The first kappa shape index (κ1) is 27.5. The average molecular weight is 518 g/mol. The number of halogens is 1. The largest absolute Gasteiger partial charge is 0.398 e. The van der Waals surface area contributed by atoms with Crippen molar-refractivity contribution in [1.82, 2.24) is 10.3 Å². The van der Waals surface area contributed by atoms with Crippen LogP contribution in [0.4, 0.5) is 10.1 Å². The molecular weight excluding hydrogens is 481 g/mol. The number of hydrogen-bond acceptors (Lipinski definition) is 2. The molecule has 0 aliphatic heterocycles. The van der Waals surface area contributed by atoms with Crippen molar-refractivity contribution in [2.75, 3.05) is 5.73 Å². The normalized spacial score (nSPS) is 12.0. The lowest BCUT2D eigenvalue weighted by Crippen LogP contribution is -2.10. The molecule has 3 nitrogen and oxygen atoms in total. The Bertz CT molecular complexity index is 1600. The first-order chi connectivity index (χ1) is 18.9. The number of aromatic nitrogens is 1. The second-order valence-electron chi connectivity index (χ2n) is 9.59. The Balaban J connectivity index is 1.68. The molecule has 0 aliphatic rings. The lowest BCUT2D eigenvalue weighted by atomic mass is 9.95. The predicted octanol–water partition coefficient (Wildman–Crippen LogP) is 9.38. The quantitative estimate of drug-likeness (QED) is 0.137. The number of unbranched alkanes of at least 4 members (excludes halogenated alkanes) is 1. The fraction of sp³-hybridized carbons (Fsp3) is 0.143. The summed E-state index contributed by atoms with van der Waals surface area (Å²) in [4.78, 5) is 3.46. The van der Waals surface area contributed by atoms with Crippen LogP contribution in [-0.4, -0.2) is 4.98 Å². The number of hydrogen-bond donors (Lipinski definition) is 3. The zero-order chi connectivity index (χ0) is 27.9. The van der Waals surface area contributed by atoms with Gasteiger partial charge in [0, 0.05) is 50.4 Å². The second-order valence-corrected chi connectivity index (χ2v) is 9.59. The van der Waals surface area contributed by atoms with Gasteiger partial charge in [-0.05, 0) is 78.9 Å². The monoisotopic (exact) mass is 517 g/mol. The maximum atomic E-state index is 14.6. The zero-order valence-electron chi connectivity index (χ0n) is 22.8. The standard InChI is InChI=1S/C35H36FN3/c1-6-9-13-23(4)38-27(8-3)20-25(7-2)26-18-19-33(37)30(21-26)24(5)35-22-31-28(15-12-17-34(31)39-35)29-14-10-11-16-32(29)36/h7-8,10-12,14-22,38-39H,3-6,9,13,37H2,1-2H3/b25-7+,27-20+. The van der Waals surface area contributed by atoms with Crippen LogP contribution >= 0.6 is 0 Å². The lowest BCUT2D eigenvalue weighted by Gasteiger charge is -2.14. The van der Waals surface area contributed by atoms with Gasteiger partial charge in [-0.2, -0.15) is 0 Å². The number of fused-ring (bicyclic) bond motifs is 1. The zero-order valence-corrected chi connectivity index (χ0v) is 22.8. The molecule has 0 atom stereocenters. The molecule has 3 aromatic carbocycles. The van der Waals surface area contributed by atoms with E-state index in [1.807, 2.05) is 49.4 Å². The first-order valence-corrected chi connectivity index (χ1v) is 13.3. The van der Waals surface area contributed by atoms with Crippen molar-refractivity contribution in [2.45, 2.75) is 33.1 Å². The van der Waals surface area contributed by atoms with Gasteiger partial charge in [-0.25, -0.2) is 4.39 Å². The summed E-state index contributed by atoms with van der Waals surface area (Å²) in [5, 5.41) is 4.31. The highest BCUT2D eigenvalue weighted by atomic mass is 19.1. The molecule has 0 saturated carbocycles. The van der Waals surface area contributed by atoms with Gasteiger partial charge in [0.05, 0.1) is 0 Å². The van der Waals surface area contributed by atoms with E-state index in [-0.39, 0.29) is 5.82 Å². The minimum atomic E-state index is -0.252. The van der Waals surface area contributed by atoms with Crippen LogP contribution in [0.2, 0.25) is 0 Å². The number of nitrogens with one attached hydrogen (secondary N) is 2. The van der Waals surface area contributed by atoms with Crippen molar-refractivity contribution in [3.8, 4) is 11.1 Å². The maximum Gasteiger partial charge on any atom is 0.131 e. The van der Waals surface area contributed by atoms with Crippen LogP contribution in [0.1, 0.15) is 49.9 Å². The highest BCUT2D eigenvalue weighted by Gasteiger charge is 2.15. The number of benzene rings is 3. The number of rotatable bonds is 11. The number of allylic oxidation sites excluding steroid dienone is 5. The summed E-state index contributed by atoms with van der Waals surface area (Å²) in [6.45, 7) is 16.7. The van der Waals surface area contributed by atoms with Gasteiger partial charge in [0.25, 0.3) is 0 Å². The van der Waals surface area contributed by atoms with E-state index in [9.17, 15) is 4.39 Å². The predicted molar refractivity (Wildman–Crippen MR) is 166 cm³/mol. The van der Waals surface area contributed by atoms with Gasteiger partial charge in [0.1, 0.15) is 5.82 Å². The van der Waals surface area contributed by atoms with Crippen molar-refractivity contribution >= 4 is 27.7 Å². The van der Waals surface area contributed by atoms with Gasteiger partial charge < -0.3 is 16.0 Å². The number of nitrogen functional groups attached to an aromatic ring is 1. The molecule has 0 radical (unpaired) electrons. The molecule has 0 amide bonds. The summed E-state index contributed by atoms with van der Waals surface area (Å²) in [7, 11) is 0. The molecule has 1 heterocycles. The third-order valence-electron chi connectivity index (χ3n) is 6.86. The van der Waals surface area contributed by atoms with Crippen molar-refractivity contribution in [3.63, 3.8) is 0 Å². The van der Waals surface area contributed by atoms with Gasteiger partial charge in [-0.1, -0.05) is 75.6 Å². The Morgan fingerprint density at radius 1 is 1.03 bits per heavy atom. The smallest absolute Gasteiger partial charge is 0.131 e. The van der Waals surface area contributed by atoms with Crippen LogP contribution < -0.4 is 11.1 Å². The molecular formula is C35H36FN3. The Labute approximate surface area is 231 Å². The fourth-order valence-electron chi connectivity index (χ4n) is 4.68. The Hall–Kier alpha value is -4.57. The third kappa shape index (κ3) is 6.12. The number of nitrogens with two attached hydrogens (primary N) is 1. The number of H-pyrrole nitrogens is 1. The topological polar surface area (TPSA) is 53.8 Å². The van der Waals surface area contributed by atoms with Crippen molar-refractivity contribution in [2.24, 2.45) is 0 Å². The lowest BCUT2D eigenvalue weighted by molar-refractivity contribution is 0.631. The fourth-order valence-corrected chi connectivity index (χ4v) is 4.68. The van der Waals surface area contributed by atoms with Crippen LogP contribution in [-0.2, 0) is 0 Å². The SMILES string of the molecule is C=C/C(=C\C(=C/C)c1ccc(N)c(C(=C)c2cc3c(-c4ccccc4F)cccc3[nH]2)c1)NC(=C)CCCC. The van der Waals surface area contributed by atoms with Crippen LogP contribution in [0.25, 0.3) is 33.2 Å². The van der Waals surface area contributed by atoms with E-state index in [1.54, 1.807) is 18.2 Å². The molecule has 198 valence electrons. The van der Waals surface area contributed by atoms with Gasteiger partial charge in [-0.15, -0.1) is 0 Å². The summed E-state index contributed by atoms with van der Waals surface area (Å²) in [5.41, 5.74) is 15.7. The molecule has 0 saturated heterocycles. The molecule has 0 fully saturated rings.